The molecule has 0 saturated heterocycles. The highest BCUT2D eigenvalue weighted by Crippen LogP contribution is 2.43. The van der Waals surface area contributed by atoms with Gasteiger partial charge in [-0.05, 0) is 54.2 Å². The Morgan fingerprint density at radius 2 is 1.90 bits per heavy atom. The van der Waals surface area contributed by atoms with Crippen molar-refractivity contribution in [2.45, 2.75) is 25.5 Å². The minimum atomic E-state index is 0.0740. The van der Waals surface area contributed by atoms with Gasteiger partial charge in [-0.15, -0.1) is 0 Å². The number of anilines is 1. The summed E-state index contributed by atoms with van der Waals surface area (Å²) in [4.78, 5) is 0. The van der Waals surface area contributed by atoms with Crippen molar-refractivity contribution in [2.24, 2.45) is 5.92 Å². The summed E-state index contributed by atoms with van der Waals surface area (Å²) in [6.07, 6.45) is 2.53. The maximum Gasteiger partial charge on any atom is 0.0682 e. The molecule has 3 rings (SSSR count). The second-order valence-corrected chi connectivity index (χ2v) is 5.81. The summed E-state index contributed by atoms with van der Waals surface area (Å²) in [5.74, 6) is 0.689. The number of aliphatic hydroxyl groups is 1. The van der Waals surface area contributed by atoms with Crippen molar-refractivity contribution in [3.8, 4) is 0 Å². The maximum atomic E-state index is 9.22. The van der Waals surface area contributed by atoms with Gasteiger partial charge < -0.3 is 10.4 Å². The topological polar surface area (TPSA) is 32.3 Å². The van der Waals surface area contributed by atoms with Crippen molar-refractivity contribution >= 4 is 17.3 Å². The lowest BCUT2D eigenvalue weighted by molar-refractivity contribution is 0.282. The third-order valence-electron chi connectivity index (χ3n) is 3.75. The molecule has 1 aliphatic rings. The largest absolute Gasteiger partial charge is 0.392 e. The number of hydrogen-bond acceptors (Lipinski definition) is 2. The Hall–Kier alpha value is -1.51. The average molecular weight is 288 g/mol. The standard InChI is InChI=1S/C17H18ClNO/c18-15-8-6-14(7-9-15)17(13-4-5-13)19-16-3-1-2-12(10-16)11-20/h1-3,6-10,13,17,19-20H,4-5,11H2. The molecule has 104 valence electrons. The molecule has 0 spiro atoms. The maximum absolute atomic E-state index is 9.22. The van der Waals surface area contributed by atoms with E-state index in [2.05, 4.69) is 17.4 Å². The zero-order valence-electron chi connectivity index (χ0n) is 11.2. The Labute approximate surface area is 124 Å². The third-order valence-corrected chi connectivity index (χ3v) is 4.01. The lowest BCUT2D eigenvalue weighted by atomic mass is 10.0. The molecular weight excluding hydrogens is 270 g/mol. The van der Waals surface area contributed by atoms with Gasteiger partial charge in [-0.1, -0.05) is 35.9 Å². The summed E-state index contributed by atoms with van der Waals surface area (Å²) in [5.41, 5.74) is 3.26. The lowest BCUT2D eigenvalue weighted by Gasteiger charge is -2.20. The van der Waals surface area contributed by atoms with E-state index < -0.39 is 0 Å². The number of benzene rings is 2. The normalized spacial score (nSPS) is 15.9. The van der Waals surface area contributed by atoms with Crippen molar-refractivity contribution in [2.75, 3.05) is 5.32 Å². The molecule has 1 aliphatic carbocycles. The summed E-state index contributed by atoms with van der Waals surface area (Å²) in [7, 11) is 0. The fourth-order valence-electron chi connectivity index (χ4n) is 2.51. The number of hydrogen-bond donors (Lipinski definition) is 2. The fourth-order valence-corrected chi connectivity index (χ4v) is 2.64. The van der Waals surface area contributed by atoms with E-state index in [1.54, 1.807) is 0 Å². The van der Waals surface area contributed by atoms with Crippen molar-refractivity contribution in [3.63, 3.8) is 0 Å². The van der Waals surface area contributed by atoms with E-state index in [1.807, 2.05) is 36.4 Å². The van der Waals surface area contributed by atoms with Crippen LogP contribution >= 0.6 is 11.6 Å². The SMILES string of the molecule is OCc1cccc(NC(c2ccc(Cl)cc2)C2CC2)c1. The van der Waals surface area contributed by atoms with Gasteiger partial charge in [0.2, 0.25) is 0 Å². The highest BCUT2D eigenvalue weighted by Gasteiger charge is 2.32. The molecule has 2 aromatic carbocycles. The van der Waals surface area contributed by atoms with Crippen molar-refractivity contribution in [3.05, 3.63) is 64.7 Å². The highest BCUT2D eigenvalue weighted by atomic mass is 35.5. The minimum Gasteiger partial charge on any atom is -0.392 e. The fraction of sp³-hybridized carbons (Fsp3) is 0.294. The van der Waals surface area contributed by atoms with Gasteiger partial charge in [0.1, 0.15) is 0 Å². The third kappa shape index (κ3) is 3.14. The van der Waals surface area contributed by atoms with Gasteiger partial charge in [0.25, 0.3) is 0 Å². The van der Waals surface area contributed by atoms with Gasteiger partial charge >= 0.3 is 0 Å². The molecule has 20 heavy (non-hydrogen) atoms. The molecule has 0 aromatic heterocycles. The van der Waals surface area contributed by atoms with Crippen LogP contribution in [-0.2, 0) is 6.61 Å². The van der Waals surface area contributed by atoms with Crippen LogP contribution in [0.3, 0.4) is 0 Å². The number of nitrogens with one attached hydrogen (secondary N) is 1. The Balaban J connectivity index is 1.82. The first-order valence-electron chi connectivity index (χ1n) is 6.98. The van der Waals surface area contributed by atoms with Crippen LogP contribution < -0.4 is 5.32 Å². The van der Waals surface area contributed by atoms with E-state index in [9.17, 15) is 5.11 Å². The second kappa shape index (κ2) is 5.86. The van der Waals surface area contributed by atoms with Crippen LogP contribution in [0.5, 0.6) is 0 Å². The molecule has 0 heterocycles. The van der Waals surface area contributed by atoms with Gasteiger partial charge in [0.05, 0.1) is 12.6 Å². The van der Waals surface area contributed by atoms with Crippen LogP contribution in [0, 0.1) is 5.92 Å². The Bertz CT molecular complexity index is 578. The van der Waals surface area contributed by atoms with E-state index in [1.165, 1.54) is 18.4 Å². The molecule has 0 radical (unpaired) electrons. The lowest BCUT2D eigenvalue weighted by Crippen LogP contribution is -2.13. The van der Waals surface area contributed by atoms with Gasteiger partial charge in [0.15, 0.2) is 0 Å². The molecule has 2 nitrogen and oxygen atoms in total. The predicted molar refractivity (Wildman–Crippen MR) is 82.9 cm³/mol. The molecule has 3 heteroatoms. The monoisotopic (exact) mass is 287 g/mol. The quantitative estimate of drug-likeness (QED) is 0.854. The summed E-state index contributed by atoms with van der Waals surface area (Å²) in [5, 5.41) is 13.6. The van der Waals surface area contributed by atoms with E-state index in [0.29, 0.717) is 12.0 Å². The Morgan fingerprint density at radius 1 is 1.15 bits per heavy atom. The smallest absolute Gasteiger partial charge is 0.0682 e. The van der Waals surface area contributed by atoms with Crippen LogP contribution in [0.2, 0.25) is 5.02 Å². The molecule has 1 fully saturated rings. The van der Waals surface area contributed by atoms with Crippen LogP contribution in [0.25, 0.3) is 0 Å². The van der Waals surface area contributed by atoms with Crippen LogP contribution in [0.15, 0.2) is 48.5 Å². The van der Waals surface area contributed by atoms with E-state index >= 15 is 0 Å². The highest BCUT2D eigenvalue weighted by molar-refractivity contribution is 6.30. The van der Waals surface area contributed by atoms with Gasteiger partial charge in [-0.3, -0.25) is 0 Å². The van der Waals surface area contributed by atoms with Crippen molar-refractivity contribution in [1.29, 1.82) is 0 Å². The van der Waals surface area contributed by atoms with Crippen LogP contribution in [0.4, 0.5) is 5.69 Å². The van der Waals surface area contributed by atoms with Crippen LogP contribution in [0.1, 0.15) is 30.0 Å². The van der Waals surface area contributed by atoms with Crippen LogP contribution in [-0.4, -0.2) is 5.11 Å². The first-order valence-corrected chi connectivity index (χ1v) is 7.36. The van der Waals surface area contributed by atoms with Crippen molar-refractivity contribution in [1.82, 2.24) is 0 Å². The summed E-state index contributed by atoms with van der Waals surface area (Å²) < 4.78 is 0. The zero-order valence-corrected chi connectivity index (χ0v) is 12.0. The summed E-state index contributed by atoms with van der Waals surface area (Å²) in [6, 6.07) is 16.3. The summed E-state index contributed by atoms with van der Waals surface area (Å²) in [6.45, 7) is 0.0740. The first kappa shape index (κ1) is 13.5. The molecule has 0 aliphatic heterocycles. The molecule has 1 unspecified atom stereocenters. The predicted octanol–water partition coefficient (Wildman–Crippen LogP) is 4.40. The van der Waals surface area contributed by atoms with E-state index in [-0.39, 0.29) is 6.61 Å². The second-order valence-electron chi connectivity index (χ2n) is 5.37. The molecule has 0 amide bonds. The zero-order chi connectivity index (χ0) is 13.9. The van der Waals surface area contributed by atoms with Gasteiger partial charge in [-0.2, -0.15) is 0 Å². The molecule has 2 N–H and O–H groups in total. The molecular formula is C17H18ClNO. The summed E-state index contributed by atoms with van der Waals surface area (Å²) >= 11 is 5.96. The molecule has 2 aromatic rings. The molecule has 1 saturated carbocycles. The van der Waals surface area contributed by atoms with E-state index in [0.717, 1.165) is 16.3 Å². The first-order chi connectivity index (χ1) is 9.76. The average Bonchev–Trinajstić information content (AvgIpc) is 3.31. The minimum absolute atomic E-state index is 0.0740. The Morgan fingerprint density at radius 3 is 2.55 bits per heavy atom. The number of halogens is 1. The number of aliphatic hydroxyl groups excluding tert-OH is 1. The number of rotatable bonds is 5. The Kier molecular flexibility index (Phi) is 3.95. The van der Waals surface area contributed by atoms with Crippen molar-refractivity contribution < 1.29 is 5.11 Å². The van der Waals surface area contributed by atoms with Gasteiger partial charge in [-0.25, -0.2) is 0 Å². The molecule has 1 atom stereocenters. The molecule has 0 bridgehead atoms. The van der Waals surface area contributed by atoms with Gasteiger partial charge in [0, 0.05) is 10.7 Å². The van der Waals surface area contributed by atoms with E-state index in [4.69, 9.17) is 11.6 Å².